The number of halogens is 2. The third kappa shape index (κ3) is 3.98. The van der Waals surface area contributed by atoms with Crippen molar-refractivity contribution in [1.82, 2.24) is 5.32 Å². The molecule has 0 saturated carbocycles. The van der Waals surface area contributed by atoms with E-state index in [-0.39, 0.29) is 6.04 Å². The van der Waals surface area contributed by atoms with Crippen LogP contribution in [-0.4, -0.2) is 17.7 Å². The third-order valence-electron chi connectivity index (χ3n) is 3.96. The van der Waals surface area contributed by atoms with Gasteiger partial charge in [-0.1, -0.05) is 13.3 Å². The Kier molecular flexibility index (Phi) is 4.88. The normalized spacial score (nSPS) is 25.3. The Labute approximate surface area is 112 Å². The van der Waals surface area contributed by atoms with E-state index in [9.17, 15) is 13.9 Å². The molecule has 1 saturated heterocycles. The van der Waals surface area contributed by atoms with E-state index in [1.807, 2.05) is 0 Å². The van der Waals surface area contributed by atoms with Crippen molar-refractivity contribution in [1.29, 1.82) is 0 Å². The van der Waals surface area contributed by atoms with Crippen molar-refractivity contribution < 1.29 is 13.9 Å². The largest absolute Gasteiger partial charge is 0.388 e. The van der Waals surface area contributed by atoms with E-state index in [1.54, 1.807) is 0 Å². The lowest BCUT2D eigenvalue weighted by Gasteiger charge is -2.31. The van der Waals surface area contributed by atoms with Crippen LogP contribution < -0.4 is 5.32 Å². The van der Waals surface area contributed by atoms with Crippen LogP contribution in [0.1, 0.15) is 44.3 Å². The third-order valence-corrected chi connectivity index (χ3v) is 3.96. The van der Waals surface area contributed by atoms with Crippen molar-refractivity contribution in [3.05, 3.63) is 35.4 Å². The predicted octanol–water partition coefficient (Wildman–Crippen LogP) is 3.17. The van der Waals surface area contributed by atoms with Crippen molar-refractivity contribution >= 4 is 0 Å². The summed E-state index contributed by atoms with van der Waals surface area (Å²) in [6.07, 6.45) is 3.00. The summed E-state index contributed by atoms with van der Waals surface area (Å²) in [5.41, 5.74) is 0.318. The fourth-order valence-corrected chi connectivity index (χ4v) is 2.82. The Morgan fingerprint density at radius 2 is 2.00 bits per heavy atom. The molecule has 106 valence electrons. The van der Waals surface area contributed by atoms with Crippen molar-refractivity contribution in [3.8, 4) is 0 Å². The first-order valence-electron chi connectivity index (χ1n) is 6.96. The summed E-state index contributed by atoms with van der Waals surface area (Å²) in [6, 6.07) is 3.45. The molecule has 1 aliphatic rings. The first-order valence-corrected chi connectivity index (χ1v) is 6.96. The van der Waals surface area contributed by atoms with E-state index in [4.69, 9.17) is 0 Å². The number of nitrogens with one attached hydrogen (secondary N) is 1. The highest BCUT2D eigenvalue weighted by molar-refractivity contribution is 5.20. The molecule has 2 rings (SSSR count). The smallest absolute Gasteiger partial charge is 0.126 e. The predicted molar refractivity (Wildman–Crippen MR) is 70.7 cm³/mol. The van der Waals surface area contributed by atoms with E-state index in [1.165, 1.54) is 12.1 Å². The molecule has 3 unspecified atom stereocenters. The average Bonchev–Trinajstić information content (AvgIpc) is 2.37. The molecule has 1 aromatic rings. The summed E-state index contributed by atoms with van der Waals surface area (Å²) in [5, 5.41) is 13.5. The molecule has 0 spiro atoms. The topological polar surface area (TPSA) is 32.3 Å². The second-order valence-electron chi connectivity index (χ2n) is 5.40. The van der Waals surface area contributed by atoms with E-state index < -0.39 is 17.7 Å². The molecular weight excluding hydrogens is 248 g/mol. The molecule has 0 aromatic heterocycles. The van der Waals surface area contributed by atoms with Gasteiger partial charge in [0.15, 0.2) is 0 Å². The first-order chi connectivity index (χ1) is 9.08. The Morgan fingerprint density at radius 1 is 1.32 bits per heavy atom. The van der Waals surface area contributed by atoms with Gasteiger partial charge in [-0.15, -0.1) is 0 Å². The number of hydrogen-bond donors (Lipinski definition) is 2. The molecule has 0 amide bonds. The Bertz CT molecular complexity index is 404. The van der Waals surface area contributed by atoms with Crippen LogP contribution in [0.3, 0.4) is 0 Å². The highest BCUT2D eigenvalue weighted by Gasteiger charge is 2.23. The van der Waals surface area contributed by atoms with Gasteiger partial charge in [0.25, 0.3) is 0 Å². The van der Waals surface area contributed by atoms with E-state index >= 15 is 0 Å². The van der Waals surface area contributed by atoms with E-state index in [0.29, 0.717) is 17.9 Å². The summed E-state index contributed by atoms with van der Waals surface area (Å²) in [4.78, 5) is 0. The minimum Gasteiger partial charge on any atom is -0.388 e. The molecule has 0 aliphatic carbocycles. The Hall–Kier alpha value is -1.00. The molecule has 2 nitrogen and oxygen atoms in total. The monoisotopic (exact) mass is 269 g/mol. The van der Waals surface area contributed by atoms with E-state index in [2.05, 4.69) is 12.2 Å². The first kappa shape index (κ1) is 14.4. The van der Waals surface area contributed by atoms with Gasteiger partial charge in [0.2, 0.25) is 0 Å². The minimum absolute atomic E-state index is 0.222. The van der Waals surface area contributed by atoms with Crippen LogP contribution >= 0.6 is 0 Å². The molecule has 1 fully saturated rings. The number of piperidine rings is 1. The van der Waals surface area contributed by atoms with Crippen molar-refractivity contribution in [2.24, 2.45) is 5.92 Å². The van der Waals surface area contributed by atoms with Crippen molar-refractivity contribution in [2.45, 2.75) is 44.8 Å². The van der Waals surface area contributed by atoms with Gasteiger partial charge in [-0.25, -0.2) is 8.78 Å². The number of rotatable bonds is 4. The zero-order chi connectivity index (χ0) is 13.8. The molecule has 0 radical (unpaired) electrons. The van der Waals surface area contributed by atoms with Crippen LogP contribution in [0.5, 0.6) is 0 Å². The van der Waals surface area contributed by atoms with Crippen LogP contribution in [0.15, 0.2) is 18.2 Å². The average molecular weight is 269 g/mol. The van der Waals surface area contributed by atoms with Crippen molar-refractivity contribution in [2.75, 3.05) is 6.54 Å². The van der Waals surface area contributed by atoms with Crippen molar-refractivity contribution in [3.63, 3.8) is 0 Å². The number of hydrogen-bond acceptors (Lipinski definition) is 2. The van der Waals surface area contributed by atoms with E-state index in [0.717, 1.165) is 31.9 Å². The summed E-state index contributed by atoms with van der Waals surface area (Å²) < 4.78 is 26.2. The summed E-state index contributed by atoms with van der Waals surface area (Å²) in [5.74, 6) is -0.600. The SMILES string of the molecule is CCC1CCNC(CC(O)c2cc(F)cc(F)c2)C1. The number of benzene rings is 1. The second kappa shape index (κ2) is 6.44. The highest BCUT2D eigenvalue weighted by atomic mass is 19.1. The van der Waals surface area contributed by atoms with Gasteiger partial charge in [0, 0.05) is 12.1 Å². The Balaban J connectivity index is 1.98. The zero-order valence-electron chi connectivity index (χ0n) is 11.2. The van der Waals surface area contributed by atoms with Crippen LogP contribution in [0.4, 0.5) is 8.78 Å². The molecule has 4 heteroatoms. The molecular formula is C15H21F2NO. The molecule has 0 bridgehead atoms. The molecule has 1 heterocycles. The van der Waals surface area contributed by atoms with Gasteiger partial charge < -0.3 is 10.4 Å². The summed E-state index contributed by atoms with van der Waals surface area (Å²) in [6.45, 7) is 3.12. The quantitative estimate of drug-likeness (QED) is 0.880. The van der Waals surface area contributed by atoms with Gasteiger partial charge in [0.1, 0.15) is 11.6 Å². The zero-order valence-corrected chi connectivity index (χ0v) is 11.2. The summed E-state index contributed by atoms with van der Waals surface area (Å²) >= 11 is 0. The van der Waals surface area contributed by atoms with Crippen LogP contribution in [0.25, 0.3) is 0 Å². The minimum atomic E-state index is -0.821. The Morgan fingerprint density at radius 3 is 2.63 bits per heavy atom. The molecule has 3 atom stereocenters. The standard InChI is InChI=1S/C15H21F2NO/c1-2-10-3-4-18-14(5-10)9-15(19)11-6-12(16)8-13(17)7-11/h6-8,10,14-15,18-19H,2-5,9H2,1H3. The van der Waals surface area contributed by atoms with Crippen LogP contribution in [0, 0.1) is 17.6 Å². The molecule has 19 heavy (non-hydrogen) atoms. The van der Waals surface area contributed by atoms with Gasteiger partial charge in [-0.05, 0) is 49.4 Å². The van der Waals surface area contributed by atoms with Crippen LogP contribution in [-0.2, 0) is 0 Å². The molecule has 1 aliphatic heterocycles. The number of aliphatic hydroxyl groups is 1. The second-order valence-corrected chi connectivity index (χ2v) is 5.40. The fourth-order valence-electron chi connectivity index (χ4n) is 2.82. The maximum absolute atomic E-state index is 13.1. The maximum atomic E-state index is 13.1. The summed E-state index contributed by atoms with van der Waals surface area (Å²) in [7, 11) is 0. The molecule has 1 aromatic carbocycles. The van der Waals surface area contributed by atoms with Gasteiger partial charge in [-0.3, -0.25) is 0 Å². The lowest BCUT2D eigenvalue weighted by molar-refractivity contribution is 0.135. The van der Waals surface area contributed by atoms with Gasteiger partial charge >= 0.3 is 0 Å². The maximum Gasteiger partial charge on any atom is 0.126 e. The lowest BCUT2D eigenvalue weighted by atomic mass is 9.87. The number of aliphatic hydroxyl groups excluding tert-OH is 1. The molecule has 2 N–H and O–H groups in total. The highest BCUT2D eigenvalue weighted by Crippen LogP contribution is 2.26. The fraction of sp³-hybridized carbons (Fsp3) is 0.600. The lowest BCUT2D eigenvalue weighted by Crippen LogP contribution is -2.38. The van der Waals surface area contributed by atoms with Gasteiger partial charge in [-0.2, -0.15) is 0 Å². The van der Waals surface area contributed by atoms with Gasteiger partial charge in [0.05, 0.1) is 6.10 Å². The van der Waals surface area contributed by atoms with Crippen LogP contribution in [0.2, 0.25) is 0 Å².